The molecule has 2 aliphatic rings. The minimum atomic E-state index is 0.165. The van der Waals surface area contributed by atoms with Crippen LogP contribution in [0.4, 0.5) is 0 Å². The van der Waals surface area contributed by atoms with Crippen LogP contribution in [0.2, 0.25) is 0 Å². The maximum atomic E-state index is 11.1. The first-order valence-electron chi connectivity index (χ1n) is 6.66. The number of carbonyl (C=O) groups is 1. The van der Waals surface area contributed by atoms with E-state index in [0.717, 1.165) is 42.8 Å². The number of hydrogen-bond donors (Lipinski definition) is 2. The van der Waals surface area contributed by atoms with Crippen LogP contribution in [0.3, 0.4) is 0 Å². The minimum Gasteiger partial charge on any atom is -0.493 e. The van der Waals surface area contributed by atoms with Crippen LogP contribution in [0.5, 0.6) is 5.75 Å². The third kappa shape index (κ3) is 2.92. The summed E-state index contributed by atoms with van der Waals surface area (Å²) in [6.45, 7) is 2.36. The first-order valence-corrected chi connectivity index (χ1v) is 7.46. The summed E-state index contributed by atoms with van der Waals surface area (Å²) in [6, 6.07) is 4.50. The standard InChI is InChI=1S/C14H17BrN2O2/c15-11-5-9-3-4-19-14(9)10(6-11)7-16-8-12-1-2-13(18)17-12/h5-6,12,16H,1-4,7-8H2,(H,17,18). The molecule has 102 valence electrons. The molecule has 0 radical (unpaired) electrons. The fourth-order valence-electron chi connectivity index (χ4n) is 2.69. The third-order valence-electron chi connectivity index (χ3n) is 3.62. The highest BCUT2D eigenvalue weighted by molar-refractivity contribution is 9.10. The van der Waals surface area contributed by atoms with Gasteiger partial charge in [0.05, 0.1) is 6.61 Å². The summed E-state index contributed by atoms with van der Waals surface area (Å²) in [5, 5.41) is 6.37. The second-order valence-electron chi connectivity index (χ2n) is 5.09. The van der Waals surface area contributed by atoms with Crippen molar-refractivity contribution in [3.8, 4) is 5.75 Å². The molecule has 3 rings (SSSR count). The summed E-state index contributed by atoms with van der Waals surface area (Å²) >= 11 is 3.54. The molecule has 1 aromatic carbocycles. The SMILES string of the molecule is O=C1CCC(CNCc2cc(Br)cc3c2OCC3)N1. The number of fused-ring (bicyclic) bond motifs is 1. The van der Waals surface area contributed by atoms with E-state index in [1.54, 1.807) is 0 Å². The van der Waals surface area contributed by atoms with Crippen LogP contribution in [0.15, 0.2) is 16.6 Å². The number of halogens is 1. The molecular weight excluding hydrogens is 308 g/mol. The molecule has 2 N–H and O–H groups in total. The molecule has 1 fully saturated rings. The van der Waals surface area contributed by atoms with Crippen LogP contribution in [0.1, 0.15) is 24.0 Å². The number of amides is 1. The molecule has 0 aromatic heterocycles. The zero-order valence-electron chi connectivity index (χ0n) is 10.7. The predicted octanol–water partition coefficient (Wildman–Crippen LogP) is 1.75. The van der Waals surface area contributed by atoms with Crippen LogP contribution in [-0.4, -0.2) is 25.1 Å². The van der Waals surface area contributed by atoms with Gasteiger partial charge in [-0.25, -0.2) is 0 Å². The topological polar surface area (TPSA) is 50.4 Å². The Bertz CT molecular complexity index is 504. The van der Waals surface area contributed by atoms with Crippen molar-refractivity contribution in [2.24, 2.45) is 0 Å². The van der Waals surface area contributed by atoms with Gasteiger partial charge < -0.3 is 15.4 Å². The number of nitrogens with one attached hydrogen (secondary N) is 2. The van der Waals surface area contributed by atoms with E-state index in [0.29, 0.717) is 6.42 Å². The first-order chi connectivity index (χ1) is 9.22. The molecule has 2 aliphatic heterocycles. The third-order valence-corrected chi connectivity index (χ3v) is 4.07. The Kier molecular flexibility index (Phi) is 3.75. The van der Waals surface area contributed by atoms with Crippen molar-refractivity contribution in [3.63, 3.8) is 0 Å². The van der Waals surface area contributed by atoms with Crippen LogP contribution in [-0.2, 0) is 17.8 Å². The Balaban J connectivity index is 1.59. The van der Waals surface area contributed by atoms with E-state index in [-0.39, 0.29) is 11.9 Å². The van der Waals surface area contributed by atoms with Crippen LogP contribution < -0.4 is 15.4 Å². The van der Waals surface area contributed by atoms with Gasteiger partial charge in [0.1, 0.15) is 5.75 Å². The van der Waals surface area contributed by atoms with Crippen LogP contribution >= 0.6 is 15.9 Å². The molecule has 0 saturated carbocycles. The summed E-state index contributed by atoms with van der Waals surface area (Å²) in [6.07, 6.45) is 2.57. The van der Waals surface area contributed by atoms with Gasteiger partial charge in [-0.05, 0) is 24.1 Å². The number of carbonyl (C=O) groups excluding carboxylic acids is 1. The lowest BCUT2D eigenvalue weighted by molar-refractivity contribution is -0.119. The maximum Gasteiger partial charge on any atom is 0.220 e. The van der Waals surface area contributed by atoms with Gasteiger partial charge in [-0.3, -0.25) is 4.79 Å². The lowest BCUT2D eigenvalue weighted by Crippen LogP contribution is -2.35. The van der Waals surface area contributed by atoms with Crippen LogP contribution in [0, 0.1) is 0 Å². The molecule has 1 amide bonds. The molecule has 2 heterocycles. The maximum absolute atomic E-state index is 11.1. The van der Waals surface area contributed by atoms with Crippen LogP contribution in [0.25, 0.3) is 0 Å². The van der Waals surface area contributed by atoms with Crippen molar-refractivity contribution >= 4 is 21.8 Å². The molecule has 0 bridgehead atoms. The Labute approximate surface area is 121 Å². The van der Waals surface area contributed by atoms with Gasteiger partial charge in [-0.1, -0.05) is 15.9 Å². The monoisotopic (exact) mass is 324 g/mol. The predicted molar refractivity (Wildman–Crippen MR) is 76.2 cm³/mol. The molecule has 0 aliphatic carbocycles. The van der Waals surface area contributed by atoms with Gasteiger partial charge in [0.2, 0.25) is 5.91 Å². The lowest BCUT2D eigenvalue weighted by atomic mass is 10.1. The Morgan fingerprint density at radius 2 is 2.32 bits per heavy atom. The number of hydrogen-bond acceptors (Lipinski definition) is 3. The highest BCUT2D eigenvalue weighted by Crippen LogP contribution is 2.32. The van der Waals surface area contributed by atoms with E-state index in [2.05, 4.69) is 38.7 Å². The Morgan fingerprint density at radius 3 is 3.11 bits per heavy atom. The zero-order valence-corrected chi connectivity index (χ0v) is 12.3. The van der Waals surface area contributed by atoms with Gasteiger partial charge in [0.25, 0.3) is 0 Å². The largest absolute Gasteiger partial charge is 0.493 e. The van der Waals surface area contributed by atoms with Crippen molar-refractivity contribution in [2.45, 2.75) is 31.8 Å². The molecular formula is C14H17BrN2O2. The van der Waals surface area contributed by atoms with E-state index in [1.165, 1.54) is 11.1 Å². The molecule has 1 aromatic rings. The Morgan fingerprint density at radius 1 is 1.42 bits per heavy atom. The summed E-state index contributed by atoms with van der Waals surface area (Å²) in [4.78, 5) is 11.1. The zero-order chi connectivity index (χ0) is 13.2. The van der Waals surface area contributed by atoms with Crippen molar-refractivity contribution in [3.05, 3.63) is 27.7 Å². The highest BCUT2D eigenvalue weighted by atomic mass is 79.9. The molecule has 5 heteroatoms. The summed E-state index contributed by atoms with van der Waals surface area (Å²) in [5.41, 5.74) is 2.46. The summed E-state index contributed by atoms with van der Waals surface area (Å²) in [5.74, 6) is 1.20. The average molecular weight is 325 g/mol. The second-order valence-corrected chi connectivity index (χ2v) is 6.00. The van der Waals surface area contributed by atoms with Crippen molar-refractivity contribution in [2.75, 3.05) is 13.2 Å². The van der Waals surface area contributed by atoms with Gasteiger partial charge in [0.15, 0.2) is 0 Å². The van der Waals surface area contributed by atoms with Gasteiger partial charge >= 0.3 is 0 Å². The normalized spacial score (nSPS) is 21.1. The minimum absolute atomic E-state index is 0.165. The molecule has 1 atom stereocenters. The lowest BCUT2D eigenvalue weighted by Gasteiger charge is -2.13. The smallest absolute Gasteiger partial charge is 0.220 e. The number of ether oxygens (including phenoxy) is 1. The van der Waals surface area contributed by atoms with E-state index >= 15 is 0 Å². The molecule has 19 heavy (non-hydrogen) atoms. The van der Waals surface area contributed by atoms with Crippen molar-refractivity contribution in [1.29, 1.82) is 0 Å². The molecule has 0 spiro atoms. The van der Waals surface area contributed by atoms with E-state index in [1.807, 2.05) is 0 Å². The number of benzene rings is 1. The van der Waals surface area contributed by atoms with E-state index in [9.17, 15) is 4.79 Å². The van der Waals surface area contributed by atoms with E-state index in [4.69, 9.17) is 4.74 Å². The van der Waals surface area contributed by atoms with Gasteiger partial charge in [-0.2, -0.15) is 0 Å². The van der Waals surface area contributed by atoms with Gasteiger partial charge in [0, 0.05) is 42.0 Å². The van der Waals surface area contributed by atoms with Crippen molar-refractivity contribution < 1.29 is 9.53 Å². The van der Waals surface area contributed by atoms with E-state index < -0.39 is 0 Å². The quantitative estimate of drug-likeness (QED) is 0.887. The summed E-state index contributed by atoms with van der Waals surface area (Å²) in [7, 11) is 0. The fraction of sp³-hybridized carbons (Fsp3) is 0.500. The van der Waals surface area contributed by atoms with Gasteiger partial charge in [-0.15, -0.1) is 0 Å². The fourth-order valence-corrected chi connectivity index (χ4v) is 3.24. The average Bonchev–Trinajstić information content (AvgIpc) is 2.98. The molecule has 4 nitrogen and oxygen atoms in total. The van der Waals surface area contributed by atoms with Crippen molar-refractivity contribution in [1.82, 2.24) is 10.6 Å². The summed E-state index contributed by atoms with van der Waals surface area (Å²) < 4.78 is 6.79. The molecule has 1 saturated heterocycles. The highest BCUT2D eigenvalue weighted by Gasteiger charge is 2.21. The Hall–Kier alpha value is -1.07. The second kappa shape index (κ2) is 5.51. The molecule has 1 unspecified atom stereocenters. The first kappa shape index (κ1) is 12.9. The number of rotatable bonds is 4.